The van der Waals surface area contributed by atoms with Crippen LogP contribution in [-0.4, -0.2) is 22.5 Å². The van der Waals surface area contributed by atoms with Gasteiger partial charge in [-0.2, -0.15) is 0 Å². The van der Waals surface area contributed by atoms with E-state index in [1.165, 1.54) is 0 Å². The Balaban J connectivity index is 2.22. The number of nitrogens with one attached hydrogen (secondary N) is 1. The fourth-order valence-corrected chi connectivity index (χ4v) is 3.14. The Morgan fingerprint density at radius 2 is 1.89 bits per heavy atom. The third-order valence-corrected chi connectivity index (χ3v) is 3.98. The molecule has 0 spiro atoms. The molecule has 4 nitrogen and oxygen atoms in total. The van der Waals surface area contributed by atoms with E-state index in [4.69, 9.17) is 0 Å². The van der Waals surface area contributed by atoms with E-state index in [9.17, 15) is 14.7 Å². The average Bonchev–Trinajstić information content (AvgIpc) is 2.77. The predicted molar refractivity (Wildman–Crippen MR) is 75.2 cm³/mol. The first-order chi connectivity index (χ1) is 8.93. The lowest BCUT2D eigenvalue weighted by atomic mass is 9.97. The highest BCUT2D eigenvalue weighted by molar-refractivity contribution is 9.10. The number of carbonyl (C=O) groups is 2. The second kappa shape index (κ2) is 5.33. The molecule has 102 valence electrons. The summed E-state index contributed by atoms with van der Waals surface area (Å²) in [6.45, 7) is 1.89. The predicted octanol–water partition coefficient (Wildman–Crippen LogP) is 2.88. The van der Waals surface area contributed by atoms with Gasteiger partial charge in [0, 0.05) is 10.0 Å². The van der Waals surface area contributed by atoms with E-state index in [0.717, 1.165) is 22.9 Å². The van der Waals surface area contributed by atoms with Crippen LogP contribution in [-0.2, 0) is 4.79 Å². The minimum atomic E-state index is -1.09. The van der Waals surface area contributed by atoms with Gasteiger partial charge in [0.1, 0.15) is 5.54 Å². The van der Waals surface area contributed by atoms with Crippen molar-refractivity contribution in [2.45, 2.75) is 38.1 Å². The lowest BCUT2D eigenvalue weighted by Gasteiger charge is -2.25. The third kappa shape index (κ3) is 2.97. The van der Waals surface area contributed by atoms with Gasteiger partial charge in [0.2, 0.25) is 0 Å². The summed E-state index contributed by atoms with van der Waals surface area (Å²) in [4.78, 5) is 23.6. The third-order valence-electron chi connectivity index (χ3n) is 3.52. The molecule has 0 heterocycles. The standard InChI is InChI=1S/C14H16BrNO3/c1-9-6-10(8-11(15)7-9)12(17)16-14(13(18)19)4-2-3-5-14/h6-8H,2-5H2,1H3,(H,16,17)(H,18,19). The molecule has 0 aromatic heterocycles. The molecule has 0 bridgehead atoms. The van der Waals surface area contributed by atoms with Gasteiger partial charge in [-0.15, -0.1) is 0 Å². The maximum Gasteiger partial charge on any atom is 0.329 e. The second-order valence-electron chi connectivity index (χ2n) is 5.07. The van der Waals surface area contributed by atoms with Crippen LogP contribution in [0.3, 0.4) is 0 Å². The smallest absolute Gasteiger partial charge is 0.329 e. The first-order valence-corrected chi connectivity index (χ1v) is 7.05. The molecule has 5 heteroatoms. The number of benzene rings is 1. The molecule has 0 aliphatic heterocycles. The number of aliphatic carboxylic acids is 1. The molecule has 0 atom stereocenters. The highest BCUT2D eigenvalue weighted by Gasteiger charge is 2.42. The summed E-state index contributed by atoms with van der Waals surface area (Å²) in [6, 6.07) is 5.36. The molecular formula is C14H16BrNO3. The Hall–Kier alpha value is -1.36. The minimum Gasteiger partial charge on any atom is -0.480 e. The van der Waals surface area contributed by atoms with E-state index in [1.807, 2.05) is 13.0 Å². The van der Waals surface area contributed by atoms with Crippen LogP contribution in [0.2, 0.25) is 0 Å². The number of hydrogen-bond donors (Lipinski definition) is 2. The Bertz CT molecular complexity index is 501. The first-order valence-electron chi connectivity index (χ1n) is 6.26. The van der Waals surface area contributed by atoms with Crippen LogP contribution in [0.15, 0.2) is 22.7 Å². The summed E-state index contributed by atoms with van der Waals surface area (Å²) < 4.78 is 0.813. The zero-order valence-corrected chi connectivity index (χ0v) is 12.3. The second-order valence-corrected chi connectivity index (χ2v) is 5.98. The molecule has 2 rings (SSSR count). The summed E-state index contributed by atoms with van der Waals surface area (Å²) in [7, 11) is 0. The summed E-state index contributed by atoms with van der Waals surface area (Å²) in [5.74, 6) is -1.27. The van der Waals surface area contributed by atoms with Crippen LogP contribution in [0, 0.1) is 6.92 Å². The summed E-state index contributed by atoms with van der Waals surface area (Å²) >= 11 is 3.34. The van der Waals surface area contributed by atoms with E-state index in [-0.39, 0.29) is 5.91 Å². The SMILES string of the molecule is Cc1cc(Br)cc(C(=O)NC2(C(=O)O)CCCC2)c1. The molecule has 1 saturated carbocycles. The molecule has 0 radical (unpaired) electrons. The van der Waals surface area contributed by atoms with E-state index in [2.05, 4.69) is 21.2 Å². The van der Waals surface area contributed by atoms with Gasteiger partial charge >= 0.3 is 5.97 Å². The highest BCUT2D eigenvalue weighted by atomic mass is 79.9. The number of halogens is 1. The van der Waals surface area contributed by atoms with E-state index < -0.39 is 11.5 Å². The number of rotatable bonds is 3. The molecule has 1 amide bonds. The molecule has 1 aliphatic rings. The molecule has 1 aromatic rings. The zero-order chi connectivity index (χ0) is 14.0. The molecular weight excluding hydrogens is 310 g/mol. The molecule has 19 heavy (non-hydrogen) atoms. The molecule has 0 unspecified atom stereocenters. The van der Waals surface area contributed by atoms with Crippen LogP contribution in [0.4, 0.5) is 0 Å². The maximum absolute atomic E-state index is 12.2. The van der Waals surface area contributed by atoms with Gasteiger partial charge in [-0.05, 0) is 43.5 Å². The number of carboxylic acids is 1. The summed E-state index contributed by atoms with van der Waals surface area (Å²) in [5.41, 5.74) is 0.350. The van der Waals surface area contributed by atoms with Crippen molar-refractivity contribution >= 4 is 27.8 Å². The van der Waals surface area contributed by atoms with Crippen molar-refractivity contribution in [2.75, 3.05) is 0 Å². The van der Waals surface area contributed by atoms with Gasteiger partial charge in [0.15, 0.2) is 0 Å². The molecule has 1 aromatic carbocycles. The highest BCUT2D eigenvalue weighted by Crippen LogP contribution is 2.30. The van der Waals surface area contributed by atoms with Crippen molar-refractivity contribution in [3.8, 4) is 0 Å². The fourth-order valence-electron chi connectivity index (χ4n) is 2.53. The summed E-state index contributed by atoms with van der Waals surface area (Å²) in [6.07, 6.45) is 2.68. The number of hydrogen-bond acceptors (Lipinski definition) is 2. The lowest BCUT2D eigenvalue weighted by Crippen LogP contribution is -2.52. The Morgan fingerprint density at radius 3 is 2.42 bits per heavy atom. The van der Waals surface area contributed by atoms with E-state index in [1.54, 1.807) is 12.1 Å². The largest absolute Gasteiger partial charge is 0.480 e. The van der Waals surface area contributed by atoms with Gasteiger partial charge in [-0.1, -0.05) is 28.8 Å². The van der Waals surface area contributed by atoms with Crippen molar-refractivity contribution in [2.24, 2.45) is 0 Å². The minimum absolute atomic E-state index is 0.325. The van der Waals surface area contributed by atoms with Crippen LogP contribution in [0.25, 0.3) is 0 Å². The van der Waals surface area contributed by atoms with E-state index in [0.29, 0.717) is 18.4 Å². The van der Waals surface area contributed by atoms with Crippen molar-refractivity contribution in [1.29, 1.82) is 0 Å². The lowest BCUT2D eigenvalue weighted by molar-refractivity contribution is -0.144. The fraction of sp³-hybridized carbons (Fsp3) is 0.429. The first kappa shape index (κ1) is 14.1. The quantitative estimate of drug-likeness (QED) is 0.897. The molecule has 2 N–H and O–H groups in total. The Labute approximate surface area is 120 Å². The normalized spacial score (nSPS) is 17.2. The van der Waals surface area contributed by atoms with Crippen molar-refractivity contribution in [1.82, 2.24) is 5.32 Å². The van der Waals surface area contributed by atoms with E-state index >= 15 is 0 Å². The van der Waals surface area contributed by atoms with Gasteiger partial charge in [0.05, 0.1) is 0 Å². The maximum atomic E-state index is 12.2. The number of aryl methyl sites for hydroxylation is 1. The molecule has 0 saturated heterocycles. The topological polar surface area (TPSA) is 66.4 Å². The Morgan fingerprint density at radius 1 is 1.26 bits per heavy atom. The number of carboxylic acid groups (broad SMARTS) is 1. The van der Waals surface area contributed by atoms with Crippen molar-refractivity contribution in [3.05, 3.63) is 33.8 Å². The van der Waals surface area contributed by atoms with Crippen LogP contribution in [0.5, 0.6) is 0 Å². The number of carbonyl (C=O) groups excluding carboxylic acids is 1. The van der Waals surface area contributed by atoms with Crippen molar-refractivity contribution < 1.29 is 14.7 Å². The molecule has 1 fully saturated rings. The zero-order valence-electron chi connectivity index (χ0n) is 10.7. The summed E-state index contributed by atoms with van der Waals surface area (Å²) in [5, 5.41) is 12.0. The van der Waals surface area contributed by atoms with Crippen LogP contribution < -0.4 is 5.32 Å². The van der Waals surface area contributed by atoms with Gasteiger partial charge in [0.25, 0.3) is 5.91 Å². The number of amides is 1. The Kier molecular flexibility index (Phi) is 3.94. The van der Waals surface area contributed by atoms with Crippen LogP contribution >= 0.6 is 15.9 Å². The van der Waals surface area contributed by atoms with Crippen LogP contribution in [0.1, 0.15) is 41.6 Å². The van der Waals surface area contributed by atoms with Gasteiger partial charge in [-0.25, -0.2) is 4.79 Å². The van der Waals surface area contributed by atoms with Gasteiger partial charge < -0.3 is 10.4 Å². The average molecular weight is 326 g/mol. The van der Waals surface area contributed by atoms with Crippen molar-refractivity contribution in [3.63, 3.8) is 0 Å². The monoisotopic (exact) mass is 325 g/mol. The molecule has 1 aliphatic carbocycles. The van der Waals surface area contributed by atoms with Gasteiger partial charge in [-0.3, -0.25) is 4.79 Å².